The maximum absolute atomic E-state index is 9.30. The quantitative estimate of drug-likeness (QED) is 0.716. The summed E-state index contributed by atoms with van der Waals surface area (Å²) >= 11 is 0. The van der Waals surface area contributed by atoms with Crippen LogP contribution in [0.4, 0.5) is 0 Å². The van der Waals surface area contributed by atoms with Gasteiger partial charge in [0.15, 0.2) is 0 Å². The normalized spacial score (nSPS) is 12.4. The minimum atomic E-state index is 0.347. The van der Waals surface area contributed by atoms with Gasteiger partial charge in [-0.15, -0.1) is 6.58 Å². The van der Waals surface area contributed by atoms with Crippen LogP contribution < -0.4 is 0 Å². The number of aromatic hydroxyl groups is 1. The monoisotopic (exact) mass is 190 g/mol. The van der Waals surface area contributed by atoms with E-state index in [0.29, 0.717) is 11.7 Å². The number of phenolic OH excluding ortho intramolecular Hbond substituents is 1. The van der Waals surface area contributed by atoms with Crippen LogP contribution >= 0.6 is 0 Å². The standard InChI is InChI=1S/C13H18O/c1-4-6-11(5-2)13-8-7-12(14)9-10(13)3/h4,7-9,11,14H,1,5-6H2,2-3H3. The third kappa shape index (κ3) is 2.38. The Labute approximate surface area is 86.1 Å². The van der Waals surface area contributed by atoms with Gasteiger partial charge in [0.1, 0.15) is 5.75 Å². The lowest BCUT2D eigenvalue weighted by atomic mass is 9.90. The molecule has 1 N–H and O–H groups in total. The first kappa shape index (κ1) is 10.8. The van der Waals surface area contributed by atoms with Crippen molar-refractivity contribution < 1.29 is 5.11 Å². The average molecular weight is 190 g/mol. The molecule has 1 nitrogen and oxygen atoms in total. The lowest BCUT2D eigenvalue weighted by molar-refractivity contribution is 0.474. The zero-order valence-corrected chi connectivity index (χ0v) is 8.96. The Kier molecular flexibility index (Phi) is 3.75. The van der Waals surface area contributed by atoms with Gasteiger partial charge in [-0.25, -0.2) is 0 Å². The number of hydrogen-bond donors (Lipinski definition) is 1. The summed E-state index contributed by atoms with van der Waals surface area (Å²) in [5, 5.41) is 9.30. The predicted molar refractivity (Wildman–Crippen MR) is 60.7 cm³/mol. The molecule has 0 aliphatic rings. The van der Waals surface area contributed by atoms with E-state index in [1.165, 1.54) is 11.1 Å². The largest absolute Gasteiger partial charge is 0.508 e. The van der Waals surface area contributed by atoms with Gasteiger partial charge in [-0.2, -0.15) is 0 Å². The second-order valence-electron chi connectivity index (χ2n) is 3.67. The summed E-state index contributed by atoms with van der Waals surface area (Å²) in [7, 11) is 0. The Morgan fingerprint density at radius 3 is 2.71 bits per heavy atom. The molecule has 0 amide bonds. The van der Waals surface area contributed by atoms with Gasteiger partial charge in [0.2, 0.25) is 0 Å². The molecular formula is C13H18O. The van der Waals surface area contributed by atoms with E-state index in [4.69, 9.17) is 0 Å². The van der Waals surface area contributed by atoms with Gasteiger partial charge in [-0.05, 0) is 48.9 Å². The third-order valence-corrected chi connectivity index (χ3v) is 2.64. The van der Waals surface area contributed by atoms with Crippen molar-refractivity contribution in [2.75, 3.05) is 0 Å². The molecular weight excluding hydrogens is 172 g/mol. The van der Waals surface area contributed by atoms with E-state index < -0.39 is 0 Å². The van der Waals surface area contributed by atoms with Crippen molar-refractivity contribution in [2.24, 2.45) is 0 Å². The average Bonchev–Trinajstić information content (AvgIpc) is 2.15. The maximum Gasteiger partial charge on any atom is 0.115 e. The van der Waals surface area contributed by atoms with Crippen LogP contribution in [-0.4, -0.2) is 5.11 Å². The van der Waals surface area contributed by atoms with Crippen LogP contribution in [0.2, 0.25) is 0 Å². The Morgan fingerprint density at radius 1 is 1.50 bits per heavy atom. The molecule has 0 fully saturated rings. The highest BCUT2D eigenvalue weighted by Gasteiger charge is 2.10. The molecule has 0 heterocycles. The zero-order valence-electron chi connectivity index (χ0n) is 8.96. The lowest BCUT2D eigenvalue weighted by Crippen LogP contribution is -1.98. The van der Waals surface area contributed by atoms with E-state index in [1.54, 1.807) is 6.07 Å². The minimum absolute atomic E-state index is 0.347. The minimum Gasteiger partial charge on any atom is -0.508 e. The van der Waals surface area contributed by atoms with E-state index in [9.17, 15) is 5.11 Å². The van der Waals surface area contributed by atoms with Crippen LogP contribution in [0, 0.1) is 6.92 Å². The summed E-state index contributed by atoms with van der Waals surface area (Å²) < 4.78 is 0. The van der Waals surface area contributed by atoms with Crippen LogP contribution in [0.5, 0.6) is 5.75 Å². The van der Waals surface area contributed by atoms with E-state index in [-0.39, 0.29) is 0 Å². The molecule has 1 aromatic carbocycles. The van der Waals surface area contributed by atoms with Crippen molar-refractivity contribution in [3.8, 4) is 5.75 Å². The van der Waals surface area contributed by atoms with Crippen molar-refractivity contribution in [3.63, 3.8) is 0 Å². The van der Waals surface area contributed by atoms with E-state index in [0.717, 1.165) is 12.8 Å². The van der Waals surface area contributed by atoms with Gasteiger partial charge in [0.05, 0.1) is 0 Å². The molecule has 76 valence electrons. The number of aryl methyl sites for hydroxylation is 1. The van der Waals surface area contributed by atoms with Gasteiger partial charge in [0, 0.05) is 0 Å². The van der Waals surface area contributed by atoms with Crippen LogP contribution in [-0.2, 0) is 0 Å². The second-order valence-corrected chi connectivity index (χ2v) is 3.67. The molecule has 0 saturated carbocycles. The highest BCUT2D eigenvalue weighted by Crippen LogP contribution is 2.28. The number of hydrogen-bond acceptors (Lipinski definition) is 1. The van der Waals surface area contributed by atoms with E-state index in [2.05, 4.69) is 13.5 Å². The molecule has 1 unspecified atom stereocenters. The van der Waals surface area contributed by atoms with Crippen molar-refractivity contribution in [3.05, 3.63) is 42.0 Å². The highest BCUT2D eigenvalue weighted by atomic mass is 16.3. The molecule has 0 saturated heterocycles. The molecule has 1 atom stereocenters. The van der Waals surface area contributed by atoms with Crippen LogP contribution in [0.25, 0.3) is 0 Å². The predicted octanol–water partition coefficient (Wildman–Crippen LogP) is 3.77. The molecule has 0 bridgehead atoms. The van der Waals surface area contributed by atoms with Gasteiger partial charge in [0.25, 0.3) is 0 Å². The fraction of sp³-hybridized carbons (Fsp3) is 0.385. The molecule has 1 rings (SSSR count). The van der Waals surface area contributed by atoms with Gasteiger partial charge in [-0.3, -0.25) is 0 Å². The first-order valence-electron chi connectivity index (χ1n) is 5.09. The molecule has 0 spiro atoms. The Balaban J connectivity index is 2.97. The van der Waals surface area contributed by atoms with Crippen molar-refractivity contribution in [1.29, 1.82) is 0 Å². The summed E-state index contributed by atoms with van der Waals surface area (Å²) in [4.78, 5) is 0. The summed E-state index contributed by atoms with van der Waals surface area (Å²) in [6, 6.07) is 5.59. The smallest absolute Gasteiger partial charge is 0.115 e. The maximum atomic E-state index is 9.30. The Hall–Kier alpha value is -1.24. The fourth-order valence-corrected chi connectivity index (χ4v) is 1.83. The van der Waals surface area contributed by atoms with Crippen molar-refractivity contribution in [1.82, 2.24) is 0 Å². The van der Waals surface area contributed by atoms with Crippen molar-refractivity contribution >= 4 is 0 Å². The molecule has 0 aromatic heterocycles. The summed E-state index contributed by atoms with van der Waals surface area (Å²) in [6.07, 6.45) is 4.07. The van der Waals surface area contributed by atoms with Crippen molar-refractivity contribution in [2.45, 2.75) is 32.6 Å². The number of rotatable bonds is 4. The zero-order chi connectivity index (χ0) is 10.6. The summed E-state index contributed by atoms with van der Waals surface area (Å²) in [5.74, 6) is 0.882. The SMILES string of the molecule is C=CCC(CC)c1ccc(O)cc1C. The summed E-state index contributed by atoms with van der Waals surface area (Å²) in [5.41, 5.74) is 2.49. The number of phenols is 1. The first-order chi connectivity index (χ1) is 6.69. The fourth-order valence-electron chi connectivity index (χ4n) is 1.83. The van der Waals surface area contributed by atoms with Gasteiger partial charge >= 0.3 is 0 Å². The Morgan fingerprint density at radius 2 is 2.21 bits per heavy atom. The van der Waals surface area contributed by atoms with E-state index >= 15 is 0 Å². The third-order valence-electron chi connectivity index (χ3n) is 2.64. The highest BCUT2D eigenvalue weighted by molar-refractivity contribution is 5.36. The lowest BCUT2D eigenvalue weighted by Gasteiger charge is -2.15. The van der Waals surface area contributed by atoms with E-state index in [1.807, 2.05) is 25.1 Å². The Bertz CT molecular complexity index is 315. The summed E-state index contributed by atoms with van der Waals surface area (Å²) in [6.45, 7) is 8.00. The van der Waals surface area contributed by atoms with Crippen LogP contribution in [0.1, 0.15) is 36.8 Å². The second kappa shape index (κ2) is 4.85. The topological polar surface area (TPSA) is 20.2 Å². The molecule has 0 radical (unpaired) electrons. The number of allylic oxidation sites excluding steroid dienone is 1. The molecule has 0 aliphatic heterocycles. The van der Waals surface area contributed by atoms with Gasteiger partial charge < -0.3 is 5.11 Å². The first-order valence-corrected chi connectivity index (χ1v) is 5.09. The molecule has 14 heavy (non-hydrogen) atoms. The molecule has 0 aliphatic carbocycles. The van der Waals surface area contributed by atoms with Crippen LogP contribution in [0.3, 0.4) is 0 Å². The van der Waals surface area contributed by atoms with Crippen LogP contribution in [0.15, 0.2) is 30.9 Å². The number of benzene rings is 1. The molecule has 1 heteroatoms. The van der Waals surface area contributed by atoms with Gasteiger partial charge in [-0.1, -0.05) is 19.1 Å². The molecule has 1 aromatic rings.